The molecule has 6 heteroatoms. The molecular formula is C6H4Cl2NO2S-. The summed E-state index contributed by atoms with van der Waals surface area (Å²) in [5.41, 5.74) is 0.387. The fourth-order valence-corrected chi connectivity index (χ4v) is 1.27. The molecule has 0 saturated carbocycles. The lowest BCUT2D eigenvalue weighted by Crippen LogP contribution is -2.01. The Labute approximate surface area is 82.1 Å². The fraction of sp³-hybridized carbons (Fsp3) is 0. The molecule has 0 aliphatic rings. The molecule has 0 fully saturated rings. The molecule has 1 unspecified atom stereocenters. The van der Waals surface area contributed by atoms with Gasteiger partial charge in [-0.3, -0.25) is 4.21 Å². The van der Waals surface area contributed by atoms with E-state index in [-0.39, 0.29) is 0 Å². The summed E-state index contributed by atoms with van der Waals surface area (Å²) >= 11 is 8.89. The first-order valence-corrected chi connectivity index (χ1v) is 4.73. The molecule has 1 rings (SSSR count). The fourth-order valence-electron chi connectivity index (χ4n) is 0.656. The normalized spacial score (nSPS) is 12.6. The van der Waals surface area contributed by atoms with Gasteiger partial charge in [0.15, 0.2) is 0 Å². The molecule has 0 radical (unpaired) electrons. The van der Waals surface area contributed by atoms with Gasteiger partial charge in [-0.05, 0) is 18.2 Å². The van der Waals surface area contributed by atoms with Crippen LogP contribution >= 0.6 is 23.2 Å². The maximum absolute atomic E-state index is 10.2. The SMILES string of the molecule is O=S([O-])Nc1ccc(Cl)c(Cl)c1. The van der Waals surface area contributed by atoms with E-state index >= 15 is 0 Å². The molecule has 0 amide bonds. The molecular weight excluding hydrogens is 221 g/mol. The zero-order valence-corrected chi connectivity index (χ0v) is 8.04. The lowest BCUT2D eigenvalue weighted by Gasteiger charge is -2.08. The number of benzene rings is 1. The number of anilines is 1. The molecule has 0 spiro atoms. The van der Waals surface area contributed by atoms with Crippen LogP contribution in [0.5, 0.6) is 0 Å². The molecule has 0 aliphatic carbocycles. The molecule has 0 bridgehead atoms. The van der Waals surface area contributed by atoms with Crippen molar-refractivity contribution < 1.29 is 8.76 Å². The van der Waals surface area contributed by atoms with Crippen LogP contribution in [-0.2, 0) is 11.3 Å². The summed E-state index contributed by atoms with van der Waals surface area (Å²) in [6.07, 6.45) is 0. The molecule has 0 aromatic heterocycles. The Bertz CT molecular complexity index is 318. The van der Waals surface area contributed by atoms with Crippen molar-refractivity contribution in [1.29, 1.82) is 0 Å². The molecule has 3 nitrogen and oxygen atoms in total. The predicted molar refractivity (Wildman–Crippen MR) is 49.0 cm³/mol. The highest BCUT2D eigenvalue weighted by atomic mass is 35.5. The lowest BCUT2D eigenvalue weighted by atomic mass is 10.3. The molecule has 66 valence electrons. The van der Waals surface area contributed by atoms with Crippen molar-refractivity contribution in [2.45, 2.75) is 0 Å². The first-order chi connectivity index (χ1) is 5.59. The Morgan fingerprint density at radius 3 is 2.50 bits per heavy atom. The minimum Gasteiger partial charge on any atom is -0.755 e. The van der Waals surface area contributed by atoms with Gasteiger partial charge in [-0.15, -0.1) is 0 Å². The minimum absolute atomic E-state index is 0.312. The largest absolute Gasteiger partial charge is 0.755 e. The first-order valence-electron chi connectivity index (χ1n) is 2.90. The van der Waals surface area contributed by atoms with Crippen LogP contribution in [0.25, 0.3) is 0 Å². The number of halogens is 2. The summed E-state index contributed by atoms with van der Waals surface area (Å²) in [5.74, 6) is 0. The highest BCUT2D eigenvalue weighted by Crippen LogP contribution is 2.24. The molecule has 0 heterocycles. The predicted octanol–water partition coefficient (Wildman–Crippen LogP) is 2.20. The van der Waals surface area contributed by atoms with E-state index in [4.69, 9.17) is 23.2 Å². The van der Waals surface area contributed by atoms with Crippen LogP contribution in [0.2, 0.25) is 10.0 Å². The van der Waals surface area contributed by atoms with Gasteiger partial charge in [0.1, 0.15) is 0 Å². The van der Waals surface area contributed by atoms with Crippen LogP contribution in [0.4, 0.5) is 5.69 Å². The van der Waals surface area contributed by atoms with Crippen molar-refractivity contribution in [2.75, 3.05) is 4.72 Å². The molecule has 1 N–H and O–H groups in total. The van der Waals surface area contributed by atoms with Gasteiger partial charge in [0.2, 0.25) is 0 Å². The Hall–Kier alpha value is -0.290. The number of hydrogen-bond donors (Lipinski definition) is 1. The third kappa shape index (κ3) is 2.64. The van der Waals surface area contributed by atoms with Gasteiger partial charge in [-0.1, -0.05) is 23.2 Å². The van der Waals surface area contributed by atoms with Crippen molar-refractivity contribution >= 4 is 40.2 Å². The maximum atomic E-state index is 10.2. The average Bonchev–Trinajstić information content (AvgIpc) is 1.96. The van der Waals surface area contributed by atoms with E-state index in [1.807, 2.05) is 0 Å². The molecule has 12 heavy (non-hydrogen) atoms. The van der Waals surface area contributed by atoms with Crippen molar-refractivity contribution in [1.82, 2.24) is 0 Å². The zero-order chi connectivity index (χ0) is 9.14. The van der Waals surface area contributed by atoms with E-state index in [1.54, 1.807) is 0 Å². The van der Waals surface area contributed by atoms with Crippen LogP contribution in [0.15, 0.2) is 18.2 Å². The highest BCUT2D eigenvalue weighted by molar-refractivity contribution is 7.80. The quantitative estimate of drug-likeness (QED) is 0.784. The Kier molecular flexibility index (Phi) is 3.34. The van der Waals surface area contributed by atoms with Crippen molar-refractivity contribution in [3.05, 3.63) is 28.2 Å². The first kappa shape index (κ1) is 9.80. The van der Waals surface area contributed by atoms with E-state index in [0.29, 0.717) is 15.7 Å². The Morgan fingerprint density at radius 1 is 1.33 bits per heavy atom. The summed E-state index contributed by atoms with van der Waals surface area (Å²) in [6, 6.07) is 4.46. The summed E-state index contributed by atoms with van der Waals surface area (Å²) in [4.78, 5) is 0. The standard InChI is InChI=1S/C6H5Cl2NO2S/c7-5-2-1-4(3-6(5)8)9-12(10)11/h1-3,9H,(H,10,11)/p-1. The third-order valence-electron chi connectivity index (χ3n) is 1.12. The Balaban J connectivity index is 2.89. The van der Waals surface area contributed by atoms with Gasteiger partial charge in [0, 0.05) is 17.0 Å². The van der Waals surface area contributed by atoms with Gasteiger partial charge in [-0.2, -0.15) is 0 Å². The monoisotopic (exact) mass is 224 g/mol. The Morgan fingerprint density at radius 2 is 2.00 bits per heavy atom. The highest BCUT2D eigenvalue weighted by Gasteiger charge is 1.97. The second kappa shape index (κ2) is 4.09. The summed E-state index contributed by atoms with van der Waals surface area (Å²) in [6.45, 7) is 0. The summed E-state index contributed by atoms with van der Waals surface area (Å²) in [7, 11) is 0. The lowest BCUT2D eigenvalue weighted by molar-refractivity contribution is 0.542. The van der Waals surface area contributed by atoms with Crippen LogP contribution in [0.3, 0.4) is 0 Å². The average molecular weight is 225 g/mol. The second-order valence-corrected chi connectivity index (χ2v) is 3.45. The van der Waals surface area contributed by atoms with E-state index in [0.717, 1.165) is 0 Å². The number of nitrogens with one attached hydrogen (secondary N) is 1. The maximum Gasteiger partial charge on any atom is 0.0613 e. The third-order valence-corrected chi connectivity index (χ3v) is 2.26. The molecule has 0 saturated heterocycles. The zero-order valence-electron chi connectivity index (χ0n) is 5.71. The van der Waals surface area contributed by atoms with E-state index < -0.39 is 11.3 Å². The van der Waals surface area contributed by atoms with Gasteiger partial charge < -0.3 is 9.27 Å². The summed E-state index contributed by atoms with van der Waals surface area (Å²) < 4.78 is 22.5. The van der Waals surface area contributed by atoms with Crippen molar-refractivity contribution in [3.63, 3.8) is 0 Å². The van der Waals surface area contributed by atoms with Gasteiger partial charge in [0.25, 0.3) is 0 Å². The minimum atomic E-state index is -2.33. The molecule has 1 aromatic carbocycles. The topological polar surface area (TPSA) is 52.2 Å². The molecule has 0 aliphatic heterocycles. The number of rotatable bonds is 2. The molecule has 1 atom stereocenters. The van der Waals surface area contributed by atoms with E-state index in [9.17, 15) is 8.76 Å². The van der Waals surface area contributed by atoms with Gasteiger partial charge in [-0.25, -0.2) is 0 Å². The van der Waals surface area contributed by atoms with Crippen molar-refractivity contribution in [2.24, 2.45) is 0 Å². The van der Waals surface area contributed by atoms with Crippen LogP contribution in [0, 0.1) is 0 Å². The van der Waals surface area contributed by atoms with E-state index in [1.165, 1.54) is 18.2 Å². The van der Waals surface area contributed by atoms with Crippen LogP contribution < -0.4 is 4.72 Å². The van der Waals surface area contributed by atoms with Crippen molar-refractivity contribution in [3.8, 4) is 0 Å². The van der Waals surface area contributed by atoms with E-state index in [2.05, 4.69) is 4.72 Å². The number of hydrogen-bond acceptors (Lipinski definition) is 2. The smallest absolute Gasteiger partial charge is 0.0613 e. The molecule has 1 aromatic rings. The van der Waals surface area contributed by atoms with Crippen LogP contribution in [-0.4, -0.2) is 8.76 Å². The second-order valence-electron chi connectivity index (χ2n) is 1.97. The summed E-state index contributed by atoms with van der Waals surface area (Å²) in [5, 5.41) is 0.700. The van der Waals surface area contributed by atoms with Gasteiger partial charge in [0.05, 0.1) is 10.0 Å². The van der Waals surface area contributed by atoms with Crippen LogP contribution in [0.1, 0.15) is 0 Å². The van der Waals surface area contributed by atoms with Gasteiger partial charge >= 0.3 is 0 Å².